The fourth-order valence-corrected chi connectivity index (χ4v) is 12.2. The highest BCUT2D eigenvalue weighted by Crippen LogP contribution is 2.46. The van der Waals surface area contributed by atoms with Crippen molar-refractivity contribution in [1.82, 2.24) is 0 Å². The van der Waals surface area contributed by atoms with Crippen LogP contribution >= 0.6 is 23.2 Å². The van der Waals surface area contributed by atoms with Gasteiger partial charge in [0.05, 0.1) is 35.1 Å². The molecular weight excluding hydrogens is 679 g/mol. The van der Waals surface area contributed by atoms with Gasteiger partial charge in [-0.2, -0.15) is 0 Å². The van der Waals surface area contributed by atoms with Gasteiger partial charge in [0.15, 0.2) is 0 Å². The van der Waals surface area contributed by atoms with E-state index < -0.39 is 29.9 Å². The zero-order valence-electron chi connectivity index (χ0n) is 29.9. The third kappa shape index (κ3) is 9.71. The molecule has 6 saturated carbocycles. The van der Waals surface area contributed by atoms with Crippen molar-refractivity contribution in [3.63, 3.8) is 0 Å². The molecule has 0 aromatic carbocycles. The first kappa shape index (κ1) is 38.6. The van der Waals surface area contributed by atoms with Gasteiger partial charge in [-0.3, -0.25) is 14.4 Å². The summed E-state index contributed by atoms with van der Waals surface area (Å²) < 4.78 is 6.00. The van der Waals surface area contributed by atoms with Crippen LogP contribution in [0.2, 0.25) is 0 Å². The highest BCUT2D eigenvalue weighted by Gasteiger charge is 2.45. The van der Waals surface area contributed by atoms with Crippen molar-refractivity contribution in [2.75, 3.05) is 6.61 Å². The molecule has 50 heavy (non-hydrogen) atoms. The quantitative estimate of drug-likeness (QED) is 0.0931. The molecule has 0 aliphatic heterocycles. The fourth-order valence-electron chi connectivity index (χ4n) is 11.4. The molecule has 2 N–H and O–H groups in total. The highest BCUT2D eigenvalue weighted by molar-refractivity contribution is 6.21. The second-order valence-corrected chi connectivity index (χ2v) is 18.4. The van der Waals surface area contributed by atoms with Crippen LogP contribution in [0.3, 0.4) is 0 Å². The number of rotatable bonds is 11. The second-order valence-electron chi connectivity index (χ2n) is 17.3. The van der Waals surface area contributed by atoms with E-state index >= 15 is 0 Å². The molecule has 6 rings (SSSR count). The van der Waals surface area contributed by atoms with Crippen LogP contribution in [-0.2, 0) is 28.9 Å². The summed E-state index contributed by atoms with van der Waals surface area (Å²) in [5.74, 6) is -0.657. The number of carbonyl (C=O) groups excluding carboxylic acids is 1. The van der Waals surface area contributed by atoms with Crippen molar-refractivity contribution in [3.8, 4) is 0 Å². The van der Waals surface area contributed by atoms with Crippen LogP contribution in [0.15, 0.2) is 0 Å². The predicted molar refractivity (Wildman–Crippen MR) is 192 cm³/mol. The highest BCUT2D eigenvalue weighted by atomic mass is 35.5. The third-order valence-electron chi connectivity index (χ3n) is 14.4. The van der Waals surface area contributed by atoms with Crippen molar-refractivity contribution in [3.05, 3.63) is 0 Å². The molecule has 12 atom stereocenters. The normalized spacial score (nSPS) is 40.9. The van der Waals surface area contributed by atoms with Gasteiger partial charge in [0.2, 0.25) is 0 Å². The topological polar surface area (TPSA) is 119 Å². The Morgan fingerprint density at radius 3 is 1.52 bits per heavy atom. The minimum atomic E-state index is -0.874. The Balaban J connectivity index is 0.910. The Hall–Kier alpha value is -1.09. The number of esters is 1. The lowest BCUT2D eigenvalue weighted by molar-refractivity contribution is -0.337. The van der Waals surface area contributed by atoms with Gasteiger partial charge < -0.3 is 14.9 Å². The molecule has 6 fully saturated rings. The summed E-state index contributed by atoms with van der Waals surface area (Å²) in [6.07, 6.45) is 21.5. The van der Waals surface area contributed by atoms with Gasteiger partial charge in [0.1, 0.15) is 12.2 Å². The van der Waals surface area contributed by atoms with E-state index in [1.54, 1.807) is 0 Å². The molecule has 8 nitrogen and oxygen atoms in total. The maximum absolute atomic E-state index is 13.4. The molecule has 0 saturated heterocycles. The first-order chi connectivity index (χ1) is 24.2. The number of aliphatic carboxylic acids is 2. The maximum Gasteiger partial charge on any atom is 0.310 e. The Labute approximate surface area is 309 Å². The van der Waals surface area contributed by atoms with E-state index in [2.05, 4.69) is 0 Å². The number of halogens is 2. The number of carboxylic acid groups (broad SMARTS) is 2. The molecule has 0 aromatic rings. The number of carbonyl (C=O) groups is 3. The summed E-state index contributed by atoms with van der Waals surface area (Å²) in [5, 5.41) is 19.6. The van der Waals surface area contributed by atoms with Gasteiger partial charge in [0.25, 0.3) is 0 Å². The van der Waals surface area contributed by atoms with E-state index in [-0.39, 0.29) is 34.7 Å². The van der Waals surface area contributed by atoms with Gasteiger partial charge >= 0.3 is 17.9 Å². The summed E-state index contributed by atoms with van der Waals surface area (Å²) in [5.41, 5.74) is 0. The van der Waals surface area contributed by atoms with Crippen molar-refractivity contribution >= 4 is 41.1 Å². The van der Waals surface area contributed by atoms with Gasteiger partial charge in [0, 0.05) is 0 Å². The lowest BCUT2D eigenvalue weighted by atomic mass is 9.67. The van der Waals surface area contributed by atoms with Gasteiger partial charge in [-0.05, 0) is 118 Å². The van der Waals surface area contributed by atoms with Crippen molar-refractivity contribution in [2.45, 2.75) is 164 Å². The largest absolute Gasteiger partial charge is 0.481 e. The summed E-state index contributed by atoms with van der Waals surface area (Å²) in [4.78, 5) is 49.4. The molecule has 0 spiro atoms. The fraction of sp³-hybridized carbons (Fsp3) is 0.925. The maximum atomic E-state index is 13.4. The van der Waals surface area contributed by atoms with Crippen LogP contribution in [-0.4, -0.2) is 57.7 Å². The van der Waals surface area contributed by atoms with E-state index in [1.807, 2.05) is 0 Å². The van der Waals surface area contributed by atoms with Crippen molar-refractivity contribution in [1.29, 1.82) is 0 Å². The number of hydrogen-bond acceptors (Lipinski definition) is 6. The van der Waals surface area contributed by atoms with E-state index in [4.69, 9.17) is 37.7 Å². The van der Waals surface area contributed by atoms with Gasteiger partial charge in [-0.1, -0.05) is 64.2 Å². The Morgan fingerprint density at radius 1 is 0.500 bits per heavy atom. The Kier molecular flexibility index (Phi) is 14.1. The summed E-state index contributed by atoms with van der Waals surface area (Å²) in [6.45, 7) is 0.295. The minimum absolute atomic E-state index is 0.0333. The molecule has 0 bridgehead atoms. The number of carboxylic acids is 2. The first-order valence-corrected chi connectivity index (χ1v) is 21.3. The third-order valence-corrected chi connectivity index (χ3v) is 15.3. The van der Waals surface area contributed by atoms with Crippen LogP contribution in [0.25, 0.3) is 0 Å². The second kappa shape index (κ2) is 18.3. The molecule has 6 aliphatic carbocycles. The molecule has 6 aliphatic rings. The molecule has 284 valence electrons. The van der Waals surface area contributed by atoms with Crippen LogP contribution in [0, 0.1) is 59.2 Å². The molecule has 0 aromatic heterocycles. The molecular formula is C40H62Cl2O8. The summed E-state index contributed by atoms with van der Waals surface area (Å²) >= 11 is 13.8. The Bertz CT molecular complexity index is 1120. The predicted octanol–water partition coefficient (Wildman–Crippen LogP) is 9.42. The van der Waals surface area contributed by atoms with Crippen LogP contribution in [0.4, 0.5) is 0 Å². The number of hydrogen-bond donors (Lipinski definition) is 2. The molecule has 0 heterocycles. The van der Waals surface area contributed by atoms with Crippen molar-refractivity contribution < 1.29 is 39.1 Å². The lowest BCUT2D eigenvalue weighted by Crippen LogP contribution is -2.43. The van der Waals surface area contributed by atoms with Crippen LogP contribution in [0.1, 0.15) is 141 Å². The van der Waals surface area contributed by atoms with E-state index in [1.165, 1.54) is 64.2 Å². The molecule has 0 amide bonds. The Morgan fingerprint density at radius 2 is 0.980 bits per heavy atom. The first-order valence-electron chi connectivity index (χ1n) is 20.4. The minimum Gasteiger partial charge on any atom is -0.481 e. The molecule has 10 heteroatoms. The van der Waals surface area contributed by atoms with Gasteiger partial charge in [-0.15, -0.1) is 23.2 Å². The van der Waals surface area contributed by atoms with Crippen molar-refractivity contribution in [2.24, 2.45) is 59.2 Å². The lowest BCUT2D eigenvalue weighted by Gasteiger charge is -2.42. The van der Waals surface area contributed by atoms with Gasteiger partial charge in [-0.25, -0.2) is 9.78 Å². The number of alkyl halides is 2. The van der Waals surface area contributed by atoms with Crippen LogP contribution in [0.5, 0.6) is 0 Å². The summed E-state index contributed by atoms with van der Waals surface area (Å²) in [6, 6.07) is 0. The SMILES string of the molecule is O=C(O)C1CC(C2CCCCC2)CCC1COOC1CCC(C2CCC(OC(=O)C3CCC(C4CCCCC4)CC3C(=O)O)C(Cl)C2)CC1Cl. The monoisotopic (exact) mass is 740 g/mol. The smallest absolute Gasteiger partial charge is 0.310 e. The zero-order chi connectivity index (χ0) is 35.2. The van der Waals surface area contributed by atoms with Crippen LogP contribution < -0.4 is 0 Å². The average molecular weight is 742 g/mol. The average Bonchev–Trinajstić information content (AvgIpc) is 3.13. The molecule has 12 unspecified atom stereocenters. The molecule has 0 radical (unpaired) electrons. The van der Waals surface area contributed by atoms with E-state index in [9.17, 15) is 24.6 Å². The van der Waals surface area contributed by atoms with E-state index in [0.717, 1.165) is 57.8 Å². The standard InChI is InChI=1S/C40H62Cl2O8/c41-34-21-28(14-17-36(34)49-40(47)31-16-13-27(20-33(31)39(45)46)25-9-5-2-6-10-25)29-15-18-37(35(42)22-29)50-48-23-30-12-11-26(19-32(30)38(43)44)24-7-3-1-4-8-24/h24-37H,1-23H2,(H,43,44)(H,45,46). The zero-order valence-corrected chi connectivity index (χ0v) is 31.5. The van der Waals surface area contributed by atoms with E-state index in [0.29, 0.717) is 61.4 Å². The summed E-state index contributed by atoms with van der Waals surface area (Å²) in [7, 11) is 0. The number of ether oxygens (including phenoxy) is 1.